The minimum Gasteiger partial charge on any atom is -0.338 e. The zero-order chi connectivity index (χ0) is 18.5. The molecule has 3 amide bonds. The van der Waals surface area contributed by atoms with Crippen LogP contribution in [0.5, 0.6) is 0 Å². The van der Waals surface area contributed by atoms with Crippen molar-refractivity contribution in [2.75, 3.05) is 13.1 Å². The minimum absolute atomic E-state index is 0.0645. The predicted molar refractivity (Wildman–Crippen MR) is 101 cm³/mol. The number of amides is 3. The minimum atomic E-state index is -0.262. The van der Waals surface area contributed by atoms with E-state index in [4.69, 9.17) is 0 Å². The van der Waals surface area contributed by atoms with Gasteiger partial charge in [-0.2, -0.15) is 11.3 Å². The summed E-state index contributed by atoms with van der Waals surface area (Å²) in [4.78, 5) is 40.3. The lowest BCUT2D eigenvalue weighted by Crippen LogP contribution is -2.34. The Kier molecular flexibility index (Phi) is 5.83. The van der Waals surface area contributed by atoms with Crippen molar-refractivity contribution in [2.24, 2.45) is 0 Å². The van der Waals surface area contributed by atoms with Crippen molar-refractivity contribution < 1.29 is 14.4 Å². The molecule has 136 valence electrons. The molecule has 0 bridgehead atoms. The summed E-state index contributed by atoms with van der Waals surface area (Å²) in [5, 5.41) is 4.06. The van der Waals surface area contributed by atoms with Gasteiger partial charge in [0.25, 0.3) is 11.8 Å². The Balaban J connectivity index is 1.54. The van der Waals surface area contributed by atoms with Gasteiger partial charge in [-0.1, -0.05) is 19.1 Å². The maximum Gasteiger partial charge on any atom is 0.261 e. The van der Waals surface area contributed by atoms with E-state index < -0.39 is 0 Å². The van der Waals surface area contributed by atoms with Crippen LogP contribution in [0.2, 0.25) is 0 Å². The van der Waals surface area contributed by atoms with Crippen molar-refractivity contribution >= 4 is 29.1 Å². The molecule has 0 aliphatic carbocycles. The molecule has 0 saturated carbocycles. The maximum absolute atomic E-state index is 12.6. The Morgan fingerprint density at radius 2 is 1.81 bits per heavy atom. The van der Waals surface area contributed by atoms with Crippen LogP contribution in [0.1, 0.15) is 52.5 Å². The summed E-state index contributed by atoms with van der Waals surface area (Å²) in [6.45, 7) is 3.65. The number of rotatable bonds is 8. The summed E-state index contributed by atoms with van der Waals surface area (Å²) in [5.74, 6) is -0.460. The van der Waals surface area contributed by atoms with Crippen LogP contribution in [0, 0.1) is 0 Å². The van der Waals surface area contributed by atoms with E-state index in [1.807, 2.05) is 23.3 Å². The van der Waals surface area contributed by atoms with E-state index in [1.165, 1.54) is 4.90 Å². The smallest absolute Gasteiger partial charge is 0.261 e. The molecule has 0 radical (unpaired) electrons. The summed E-state index contributed by atoms with van der Waals surface area (Å²) in [6.07, 6.45) is 1.71. The van der Waals surface area contributed by atoms with Crippen molar-refractivity contribution in [3.63, 3.8) is 0 Å². The second-order valence-corrected chi connectivity index (χ2v) is 7.14. The highest BCUT2D eigenvalue weighted by Crippen LogP contribution is 2.22. The highest BCUT2D eigenvalue weighted by Gasteiger charge is 2.34. The molecule has 2 aromatic rings. The Hall–Kier alpha value is -2.47. The van der Waals surface area contributed by atoms with Gasteiger partial charge in [-0.25, -0.2) is 0 Å². The Morgan fingerprint density at radius 3 is 2.38 bits per heavy atom. The third kappa shape index (κ3) is 3.85. The number of benzene rings is 1. The second kappa shape index (κ2) is 8.27. The fourth-order valence-electron chi connectivity index (χ4n) is 3.15. The van der Waals surface area contributed by atoms with Crippen LogP contribution < -0.4 is 0 Å². The number of carbonyl (C=O) groups excluding carboxylic acids is 3. The van der Waals surface area contributed by atoms with Crippen molar-refractivity contribution in [3.8, 4) is 0 Å². The van der Waals surface area contributed by atoms with Crippen molar-refractivity contribution in [1.29, 1.82) is 0 Å². The van der Waals surface area contributed by atoms with Crippen molar-refractivity contribution in [3.05, 3.63) is 57.8 Å². The zero-order valence-electron chi connectivity index (χ0n) is 14.8. The van der Waals surface area contributed by atoms with E-state index >= 15 is 0 Å². The highest BCUT2D eigenvalue weighted by atomic mass is 32.1. The average Bonchev–Trinajstić information content (AvgIpc) is 3.24. The van der Waals surface area contributed by atoms with Crippen LogP contribution in [-0.4, -0.2) is 40.6 Å². The van der Waals surface area contributed by atoms with Gasteiger partial charge in [0, 0.05) is 26.1 Å². The molecule has 1 aromatic carbocycles. The number of carbonyl (C=O) groups is 3. The molecule has 3 rings (SSSR count). The lowest BCUT2D eigenvalue weighted by atomic mass is 10.1. The first-order valence-corrected chi connectivity index (χ1v) is 9.80. The van der Waals surface area contributed by atoms with E-state index in [0.717, 1.165) is 12.0 Å². The first-order chi connectivity index (χ1) is 12.6. The van der Waals surface area contributed by atoms with E-state index in [1.54, 1.807) is 35.6 Å². The molecule has 0 saturated heterocycles. The van der Waals surface area contributed by atoms with E-state index in [0.29, 0.717) is 37.1 Å². The van der Waals surface area contributed by atoms with Crippen LogP contribution in [0.25, 0.3) is 0 Å². The number of hydrogen-bond donors (Lipinski definition) is 0. The number of fused-ring (bicyclic) bond motifs is 1. The first-order valence-electron chi connectivity index (χ1n) is 8.86. The fraction of sp³-hybridized carbons (Fsp3) is 0.350. The molecule has 2 heterocycles. The molecule has 1 aliphatic heterocycles. The third-order valence-electron chi connectivity index (χ3n) is 4.45. The lowest BCUT2D eigenvalue weighted by Gasteiger charge is -2.22. The Morgan fingerprint density at radius 1 is 1.12 bits per heavy atom. The summed E-state index contributed by atoms with van der Waals surface area (Å²) >= 11 is 1.62. The predicted octanol–water partition coefficient (Wildman–Crippen LogP) is 3.56. The van der Waals surface area contributed by atoms with Gasteiger partial charge in [-0.05, 0) is 47.4 Å². The number of imide groups is 1. The molecule has 5 nitrogen and oxygen atoms in total. The van der Waals surface area contributed by atoms with Crippen LogP contribution in [-0.2, 0) is 11.3 Å². The molecule has 1 aliphatic rings. The number of nitrogens with zero attached hydrogens (tertiary/aromatic N) is 2. The van der Waals surface area contributed by atoms with Crippen LogP contribution in [0.15, 0.2) is 41.1 Å². The third-order valence-corrected chi connectivity index (χ3v) is 5.18. The molecule has 0 unspecified atom stereocenters. The molecule has 0 fully saturated rings. The second-order valence-electron chi connectivity index (χ2n) is 6.36. The average molecular weight is 370 g/mol. The molecular formula is C20H22N2O3S. The lowest BCUT2D eigenvalue weighted by molar-refractivity contribution is -0.132. The summed E-state index contributed by atoms with van der Waals surface area (Å²) in [7, 11) is 0. The van der Waals surface area contributed by atoms with Gasteiger partial charge < -0.3 is 4.90 Å². The van der Waals surface area contributed by atoms with Crippen LogP contribution in [0.4, 0.5) is 0 Å². The van der Waals surface area contributed by atoms with Gasteiger partial charge in [0.05, 0.1) is 11.1 Å². The molecular weight excluding hydrogens is 348 g/mol. The van der Waals surface area contributed by atoms with Gasteiger partial charge in [0.15, 0.2) is 0 Å². The first kappa shape index (κ1) is 18.3. The molecule has 0 N–H and O–H groups in total. The van der Waals surface area contributed by atoms with Crippen molar-refractivity contribution in [2.45, 2.75) is 32.7 Å². The fourth-order valence-corrected chi connectivity index (χ4v) is 3.81. The quantitative estimate of drug-likeness (QED) is 0.668. The summed E-state index contributed by atoms with van der Waals surface area (Å²) in [6, 6.07) is 8.88. The zero-order valence-corrected chi connectivity index (χ0v) is 15.6. The monoisotopic (exact) mass is 370 g/mol. The van der Waals surface area contributed by atoms with Gasteiger partial charge in [-0.15, -0.1) is 0 Å². The Labute approximate surface area is 157 Å². The normalized spacial score (nSPS) is 13.2. The highest BCUT2D eigenvalue weighted by molar-refractivity contribution is 7.07. The van der Waals surface area contributed by atoms with E-state index in [-0.39, 0.29) is 24.3 Å². The maximum atomic E-state index is 12.6. The van der Waals surface area contributed by atoms with E-state index in [2.05, 4.69) is 5.38 Å². The topological polar surface area (TPSA) is 57.7 Å². The largest absolute Gasteiger partial charge is 0.338 e. The summed E-state index contributed by atoms with van der Waals surface area (Å²) in [5.41, 5.74) is 2.04. The van der Waals surface area contributed by atoms with Crippen LogP contribution in [0.3, 0.4) is 0 Å². The molecule has 26 heavy (non-hydrogen) atoms. The number of thiophene rings is 1. The van der Waals surface area contributed by atoms with Gasteiger partial charge in [0.2, 0.25) is 5.91 Å². The van der Waals surface area contributed by atoms with Crippen molar-refractivity contribution in [1.82, 2.24) is 9.80 Å². The van der Waals surface area contributed by atoms with Crippen LogP contribution >= 0.6 is 11.3 Å². The standard InChI is InChI=1S/C20H22N2O3S/c1-2-10-21(13-15-9-12-26-14-15)18(23)8-5-11-22-19(24)16-6-3-4-7-17(16)20(22)25/h3-4,6-7,9,12,14H,2,5,8,10-11,13H2,1H3. The molecule has 0 atom stereocenters. The number of hydrogen-bond acceptors (Lipinski definition) is 4. The molecule has 1 aromatic heterocycles. The molecule has 0 spiro atoms. The van der Waals surface area contributed by atoms with Gasteiger partial charge in [-0.3, -0.25) is 19.3 Å². The SMILES string of the molecule is CCCN(Cc1ccsc1)C(=O)CCCN1C(=O)c2ccccc2C1=O. The van der Waals surface area contributed by atoms with Gasteiger partial charge >= 0.3 is 0 Å². The molecule has 6 heteroatoms. The van der Waals surface area contributed by atoms with E-state index in [9.17, 15) is 14.4 Å². The van der Waals surface area contributed by atoms with Gasteiger partial charge in [0.1, 0.15) is 0 Å². The summed E-state index contributed by atoms with van der Waals surface area (Å²) < 4.78 is 0. The Bertz CT molecular complexity index is 766.